The van der Waals surface area contributed by atoms with Crippen LogP contribution in [0, 0.1) is 0 Å². The van der Waals surface area contributed by atoms with E-state index >= 15 is 0 Å². The van der Waals surface area contributed by atoms with E-state index in [1.165, 1.54) is 11.1 Å². The van der Waals surface area contributed by atoms with Crippen LogP contribution in [-0.2, 0) is 13.1 Å². The molecule has 0 bridgehead atoms. The molecule has 0 fully saturated rings. The Morgan fingerprint density at radius 1 is 0.957 bits per heavy atom. The smallest absolute Gasteiger partial charge is 0.161 e. The third kappa shape index (κ3) is 5.18. The number of hydrogen-bond donors (Lipinski definition) is 1. The zero-order valence-corrected chi connectivity index (χ0v) is 14.4. The predicted molar refractivity (Wildman–Crippen MR) is 94.8 cm³/mol. The SMILES string of the molecule is COc1ccc(CN(C)Cc2ccc(N)cc2)cc1OC(C)C. The summed E-state index contributed by atoms with van der Waals surface area (Å²) in [7, 11) is 3.76. The average Bonchev–Trinajstić information content (AvgIpc) is 2.49. The van der Waals surface area contributed by atoms with Crippen molar-refractivity contribution in [3.8, 4) is 11.5 Å². The third-order valence-electron chi connectivity index (χ3n) is 3.48. The van der Waals surface area contributed by atoms with E-state index in [4.69, 9.17) is 15.2 Å². The van der Waals surface area contributed by atoms with Crippen molar-refractivity contribution in [3.63, 3.8) is 0 Å². The van der Waals surface area contributed by atoms with Gasteiger partial charge in [0.25, 0.3) is 0 Å². The molecule has 23 heavy (non-hydrogen) atoms. The minimum atomic E-state index is 0.117. The van der Waals surface area contributed by atoms with Crippen molar-refractivity contribution in [3.05, 3.63) is 53.6 Å². The van der Waals surface area contributed by atoms with Gasteiger partial charge in [-0.3, -0.25) is 4.90 Å². The van der Waals surface area contributed by atoms with Crippen LogP contribution in [0.25, 0.3) is 0 Å². The summed E-state index contributed by atoms with van der Waals surface area (Å²) >= 11 is 0. The number of nitrogen functional groups attached to an aromatic ring is 1. The normalized spacial score (nSPS) is 11.0. The quantitative estimate of drug-likeness (QED) is 0.792. The molecule has 0 radical (unpaired) electrons. The van der Waals surface area contributed by atoms with Crippen LogP contribution in [0.4, 0.5) is 5.69 Å². The molecule has 0 aromatic heterocycles. The first-order valence-corrected chi connectivity index (χ1v) is 7.84. The summed E-state index contributed by atoms with van der Waals surface area (Å²) in [6, 6.07) is 14.1. The fourth-order valence-electron chi connectivity index (χ4n) is 2.47. The molecule has 0 aliphatic carbocycles. The first-order chi connectivity index (χ1) is 11.0. The van der Waals surface area contributed by atoms with Gasteiger partial charge in [0.15, 0.2) is 11.5 Å². The number of nitrogens with zero attached hydrogens (tertiary/aromatic N) is 1. The first kappa shape index (κ1) is 17.2. The van der Waals surface area contributed by atoms with E-state index in [2.05, 4.69) is 36.2 Å². The molecule has 0 unspecified atom stereocenters. The molecule has 2 rings (SSSR count). The Morgan fingerprint density at radius 2 is 1.57 bits per heavy atom. The van der Waals surface area contributed by atoms with Crippen LogP contribution >= 0.6 is 0 Å². The lowest BCUT2D eigenvalue weighted by Gasteiger charge is -2.19. The number of nitrogens with two attached hydrogens (primary N) is 1. The number of anilines is 1. The van der Waals surface area contributed by atoms with E-state index in [1.807, 2.05) is 32.0 Å². The predicted octanol–water partition coefficient (Wildman–Crippen LogP) is 3.70. The van der Waals surface area contributed by atoms with Crippen molar-refractivity contribution in [2.45, 2.75) is 33.0 Å². The number of ether oxygens (including phenoxy) is 2. The van der Waals surface area contributed by atoms with Crippen LogP contribution in [0.2, 0.25) is 0 Å². The van der Waals surface area contributed by atoms with E-state index in [9.17, 15) is 0 Å². The Labute approximate surface area is 138 Å². The Morgan fingerprint density at radius 3 is 2.17 bits per heavy atom. The maximum Gasteiger partial charge on any atom is 0.161 e. The highest BCUT2D eigenvalue weighted by Gasteiger charge is 2.09. The number of methoxy groups -OCH3 is 1. The number of rotatable bonds is 7. The molecule has 0 saturated carbocycles. The minimum absolute atomic E-state index is 0.117. The summed E-state index contributed by atoms with van der Waals surface area (Å²) in [4.78, 5) is 2.26. The Hall–Kier alpha value is -2.20. The van der Waals surface area contributed by atoms with Gasteiger partial charge in [0.2, 0.25) is 0 Å². The molecule has 0 amide bonds. The van der Waals surface area contributed by atoms with Crippen LogP contribution < -0.4 is 15.2 Å². The third-order valence-corrected chi connectivity index (χ3v) is 3.48. The summed E-state index contributed by atoms with van der Waals surface area (Å²) in [5.74, 6) is 1.56. The molecule has 0 spiro atoms. The lowest BCUT2D eigenvalue weighted by atomic mass is 10.1. The second-order valence-electron chi connectivity index (χ2n) is 6.07. The van der Waals surface area contributed by atoms with Gasteiger partial charge in [0, 0.05) is 18.8 Å². The molecule has 0 atom stereocenters. The van der Waals surface area contributed by atoms with E-state index in [0.717, 1.165) is 30.3 Å². The summed E-state index contributed by atoms with van der Waals surface area (Å²) in [5.41, 5.74) is 8.96. The number of hydrogen-bond acceptors (Lipinski definition) is 4. The van der Waals surface area contributed by atoms with Gasteiger partial charge in [-0.1, -0.05) is 18.2 Å². The molecule has 0 aliphatic heterocycles. The molecule has 2 aromatic carbocycles. The zero-order chi connectivity index (χ0) is 16.8. The van der Waals surface area contributed by atoms with E-state index in [1.54, 1.807) is 7.11 Å². The van der Waals surface area contributed by atoms with Gasteiger partial charge in [-0.25, -0.2) is 0 Å². The van der Waals surface area contributed by atoms with Gasteiger partial charge < -0.3 is 15.2 Å². The molecule has 4 nitrogen and oxygen atoms in total. The molecule has 0 aliphatic rings. The lowest BCUT2D eigenvalue weighted by molar-refractivity contribution is 0.229. The van der Waals surface area contributed by atoms with Crippen molar-refractivity contribution in [2.24, 2.45) is 0 Å². The van der Waals surface area contributed by atoms with Gasteiger partial charge in [-0.15, -0.1) is 0 Å². The molecular formula is C19H26N2O2. The minimum Gasteiger partial charge on any atom is -0.493 e. The monoisotopic (exact) mass is 314 g/mol. The largest absolute Gasteiger partial charge is 0.493 e. The van der Waals surface area contributed by atoms with Crippen LogP contribution in [0.5, 0.6) is 11.5 Å². The van der Waals surface area contributed by atoms with Crippen molar-refractivity contribution in [2.75, 3.05) is 19.9 Å². The highest BCUT2D eigenvalue weighted by molar-refractivity contribution is 5.43. The van der Waals surface area contributed by atoms with Gasteiger partial charge >= 0.3 is 0 Å². The zero-order valence-electron chi connectivity index (χ0n) is 14.4. The summed E-state index contributed by atoms with van der Waals surface area (Å²) in [6.07, 6.45) is 0.117. The fraction of sp³-hybridized carbons (Fsp3) is 0.368. The highest BCUT2D eigenvalue weighted by Crippen LogP contribution is 2.29. The Kier molecular flexibility index (Phi) is 5.88. The second kappa shape index (κ2) is 7.88. The van der Waals surface area contributed by atoms with Crippen molar-refractivity contribution < 1.29 is 9.47 Å². The van der Waals surface area contributed by atoms with Crippen LogP contribution in [0.3, 0.4) is 0 Å². The van der Waals surface area contributed by atoms with Crippen LogP contribution in [-0.4, -0.2) is 25.2 Å². The Balaban J connectivity index is 2.05. The molecule has 124 valence electrons. The maximum absolute atomic E-state index is 5.83. The van der Waals surface area contributed by atoms with Gasteiger partial charge in [-0.05, 0) is 56.3 Å². The molecule has 2 aromatic rings. The average molecular weight is 314 g/mol. The van der Waals surface area contributed by atoms with Gasteiger partial charge in [0.05, 0.1) is 13.2 Å². The summed E-state index contributed by atoms with van der Waals surface area (Å²) in [6.45, 7) is 5.73. The van der Waals surface area contributed by atoms with Gasteiger partial charge in [-0.2, -0.15) is 0 Å². The first-order valence-electron chi connectivity index (χ1n) is 7.84. The molecule has 0 saturated heterocycles. The van der Waals surface area contributed by atoms with E-state index in [0.29, 0.717) is 0 Å². The van der Waals surface area contributed by atoms with Crippen molar-refractivity contribution >= 4 is 5.69 Å². The van der Waals surface area contributed by atoms with E-state index < -0.39 is 0 Å². The fourth-order valence-corrected chi connectivity index (χ4v) is 2.47. The lowest BCUT2D eigenvalue weighted by Crippen LogP contribution is -2.17. The molecular weight excluding hydrogens is 288 g/mol. The molecule has 4 heteroatoms. The highest BCUT2D eigenvalue weighted by atomic mass is 16.5. The maximum atomic E-state index is 5.83. The van der Waals surface area contributed by atoms with Crippen molar-refractivity contribution in [1.82, 2.24) is 4.90 Å². The van der Waals surface area contributed by atoms with Crippen LogP contribution in [0.15, 0.2) is 42.5 Å². The van der Waals surface area contributed by atoms with Crippen molar-refractivity contribution in [1.29, 1.82) is 0 Å². The van der Waals surface area contributed by atoms with E-state index in [-0.39, 0.29) is 6.10 Å². The number of benzene rings is 2. The topological polar surface area (TPSA) is 47.7 Å². The van der Waals surface area contributed by atoms with Crippen LogP contribution in [0.1, 0.15) is 25.0 Å². The Bertz CT molecular complexity index is 624. The van der Waals surface area contributed by atoms with Gasteiger partial charge in [0.1, 0.15) is 0 Å². The molecule has 2 N–H and O–H groups in total. The molecule has 0 heterocycles. The standard InChI is InChI=1S/C19H26N2O2/c1-14(2)23-19-11-16(7-10-18(19)22-4)13-21(3)12-15-5-8-17(20)9-6-15/h5-11,14H,12-13,20H2,1-4H3. The summed E-state index contributed by atoms with van der Waals surface area (Å²) in [5, 5.41) is 0. The second-order valence-corrected chi connectivity index (χ2v) is 6.07. The summed E-state index contributed by atoms with van der Waals surface area (Å²) < 4.78 is 11.2.